The Balaban J connectivity index is 1.20. The molecule has 5 aromatic heterocycles. The molecule has 50 heavy (non-hydrogen) atoms. The minimum absolute atomic E-state index is 0.838. The molecule has 0 fully saturated rings. The van der Waals surface area contributed by atoms with Gasteiger partial charge >= 0.3 is 0 Å². The molecule has 0 atom stereocenters. The standard InChI is InChI=1S/C45H27N3OS/c1-2-8-30(9-3-1)43-42-38-10-4-5-15-40(38)49-41(42)27-39(48-43)37-14-7-13-36-35-12-6-11-34(44(35)50-45(36)37)33-25-31(28-16-20-46-21-17-28)24-32(26-33)29-18-22-47-23-19-29/h1-27H. The number of nitrogens with zero attached hydrogens (tertiary/aromatic N) is 3. The highest BCUT2D eigenvalue weighted by atomic mass is 32.1. The van der Waals surface area contributed by atoms with Gasteiger partial charge in [0.2, 0.25) is 0 Å². The fourth-order valence-corrected chi connectivity index (χ4v) is 8.50. The molecule has 0 aliphatic heterocycles. The van der Waals surface area contributed by atoms with Crippen LogP contribution in [0.25, 0.3) is 98.0 Å². The second-order valence-electron chi connectivity index (χ2n) is 12.4. The molecule has 0 N–H and O–H groups in total. The molecule has 4 nitrogen and oxygen atoms in total. The Hall–Kier alpha value is -6.43. The van der Waals surface area contributed by atoms with Gasteiger partial charge in [-0.25, -0.2) is 4.98 Å². The van der Waals surface area contributed by atoms with Crippen molar-refractivity contribution in [2.24, 2.45) is 0 Å². The molecule has 0 unspecified atom stereocenters. The van der Waals surface area contributed by atoms with Gasteiger partial charge in [-0.05, 0) is 81.9 Å². The molecule has 0 saturated heterocycles. The monoisotopic (exact) mass is 657 g/mol. The predicted octanol–water partition coefficient (Wildman–Crippen LogP) is 12.5. The van der Waals surface area contributed by atoms with Crippen molar-refractivity contribution < 1.29 is 4.42 Å². The van der Waals surface area contributed by atoms with E-state index in [2.05, 4.69) is 131 Å². The van der Waals surface area contributed by atoms with Gasteiger partial charge in [0, 0.05) is 67.5 Å². The first-order chi connectivity index (χ1) is 24.8. The van der Waals surface area contributed by atoms with Crippen molar-refractivity contribution in [3.63, 3.8) is 0 Å². The van der Waals surface area contributed by atoms with Crippen molar-refractivity contribution in [2.45, 2.75) is 0 Å². The molecular formula is C45H27N3OS. The number of benzene rings is 5. The van der Waals surface area contributed by atoms with Crippen LogP contribution >= 0.6 is 11.3 Å². The van der Waals surface area contributed by atoms with Crippen LogP contribution in [0.3, 0.4) is 0 Å². The molecule has 5 heteroatoms. The van der Waals surface area contributed by atoms with E-state index in [-0.39, 0.29) is 0 Å². The maximum atomic E-state index is 6.48. The van der Waals surface area contributed by atoms with Gasteiger partial charge in [0.05, 0.1) is 16.8 Å². The highest BCUT2D eigenvalue weighted by molar-refractivity contribution is 7.26. The van der Waals surface area contributed by atoms with Crippen molar-refractivity contribution in [2.75, 3.05) is 0 Å². The minimum atomic E-state index is 0.838. The van der Waals surface area contributed by atoms with Crippen molar-refractivity contribution in [3.8, 4) is 55.9 Å². The molecule has 0 bridgehead atoms. The summed E-state index contributed by atoms with van der Waals surface area (Å²) >= 11 is 1.83. The molecule has 10 rings (SSSR count). The van der Waals surface area contributed by atoms with Crippen LogP contribution < -0.4 is 0 Å². The van der Waals surface area contributed by atoms with Gasteiger partial charge in [-0.2, -0.15) is 0 Å². The van der Waals surface area contributed by atoms with Crippen molar-refractivity contribution in [3.05, 3.63) is 164 Å². The third-order valence-corrected chi connectivity index (χ3v) is 10.8. The maximum absolute atomic E-state index is 6.48. The number of para-hydroxylation sites is 1. The van der Waals surface area contributed by atoms with E-state index in [4.69, 9.17) is 9.40 Å². The summed E-state index contributed by atoms with van der Waals surface area (Å²) in [7, 11) is 0. The van der Waals surface area contributed by atoms with Gasteiger partial charge in [-0.3, -0.25) is 9.97 Å². The number of rotatable bonds is 5. The Bertz CT molecular complexity index is 2800. The number of fused-ring (bicyclic) bond motifs is 6. The molecule has 0 radical (unpaired) electrons. The Kier molecular flexibility index (Phi) is 6.64. The van der Waals surface area contributed by atoms with Crippen LogP contribution in [0.15, 0.2) is 169 Å². The first-order valence-corrected chi connectivity index (χ1v) is 17.4. The average Bonchev–Trinajstić information content (AvgIpc) is 3.77. The lowest BCUT2D eigenvalue weighted by atomic mass is 9.93. The molecule has 0 amide bonds. The molecule has 5 heterocycles. The maximum Gasteiger partial charge on any atom is 0.139 e. The Morgan fingerprint density at radius 3 is 1.70 bits per heavy atom. The first-order valence-electron chi connectivity index (χ1n) is 16.6. The van der Waals surface area contributed by atoms with Crippen LogP contribution in [0.5, 0.6) is 0 Å². The minimum Gasteiger partial charge on any atom is -0.456 e. The zero-order valence-electron chi connectivity index (χ0n) is 26.7. The first kappa shape index (κ1) is 28.6. The number of pyridine rings is 3. The van der Waals surface area contributed by atoms with E-state index >= 15 is 0 Å². The number of thiophene rings is 1. The molecule has 5 aromatic carbocycles. The Morgan fingerprint density at radius 1 is 0.420 bits per heavy atom. The normalized spacial score (nSPS) is 11.6. The number of aromatic nitrogens is 3. The summed E-state index contributed by atoms with van der Waals surface area (Å²) in [5.74, 6) is 0. The summed E-state index contributed by atoms with van der Waals surface area (Å²) in [6.07, 6.45) is 7.40. The average molecular weight is 658 g/mol. The highest BCUT2D eigenvalue weighted by Crippen LogP contribution is 2.46. The lowest BCUT2D eigenvalue weighted by Gasteiger charge is -2.12. The molecule has 10 aromatic rings. The van der Waals surface area contributed by atoms with Crippen LogP contribution in [-0.2, 0) is 0 Å². The van der Waals surface area contributed by atoms with Gasteiger partial charge in [-0.15, -0.1) is 11.3 Å². The third kappa shape index (κ3) is 4.71. The van der Waals surface area contributed by atoms with Crippen LogP contribution in [0, 0.1) is 0 Å². The van der Waals surface area contributed by atoms with E-state index in [1.165, 1.54) is 25.7 Å². The van der Waals surface area contributed by atoms with Crippen LogP contribution in [0.1, 0.15) is 0 Å². The third-order valence-electron chi connectivity index (χ3n) is 9.48. The molecule has 0 saturated carbocycles. The second-order valence-corrected chi connectivity index (χ2v) is 13.5. The Morgan fingerprint density at radius 2 is 1.00 bits per heavy atom. The van der Waals surface area contributed by atoms with Crippen molar-refractivity contribution >= 4 is 53.4 Å². The van der Waals surface area contributed by atoms with Crippen LogP contribution in [-0.4, -0.2) is 15.0 Å². The fraction of sp³-hybridized carbons (Fsp3) is 0. The summed E-state index contributed by atoms with van der Waals surface area (Å²) in [4.78, 5) is 13.9. The number of furan rings is 1. The number of hydrogen-bond acceptors (Lipinski definition) is 5. The topological polar surface area (TPSA) is 51.8 Å². The van der Waals surface area contributed by atoms with Crippen LogP contribution in [0.2, 0.25) is 0 Å². The summed E-state index contributed by atoms with van der Waals surface area (Å²) in [6.45, 7) is 0. The zero-order chi connectivity index (χ0) is 33.0. The molecular weight excluding hydrogens is 631 g/mol. The Labute approximate surface area is 292 Å². The molecule has 0 aliphatic rings. The quantitative estimate of drug-likeness (QED) is 0.185. The van der Waals surface area contributed by atoms with Crippen molar-refractivity contribution in [1.29, 1.82) is 0 Å². The summed E-state index contributed by atoms with van der Waals surface area (Å²) in [5.41, 5.74) is 12.6. The van der Waals surface area contributed by atoms with Gasteiger partial charge in [0.1, 0.15) is 11.2 Å². The van der Waals surface area contributed by atoms with E-state index in [1.54, 1.807) is 0 Å². The van der Waals surface area contributed by atoms with E-state index in [0.717, 1.165) is 72.3 Å². The lowest BCUT2D eigenvalue weighted by molar-refractivity contribution is 0.669. The second kappa shape index (κ2) is 11.6. The predicted molar refractivity (Wildman–Crippen MR) is 207 cm³/mol. The van der Waals surface area contributed by atoms with Gasteiger partial charge in [-0.1, -0.05) is 84.9 Å². The van der Waals surface area contributed by atoms with Gasteiger partial charge in [0.25, 0.3) is 0 Å². The molecule has 234 valence electrons. The number of hydrogen-bond donors (Lipinski definition) is 0. The summed E-state index contributed by atoms with van der Waals surface area (Å²) < 4.78 is 8.93. The fourth-order valence-electron chi connectivity index (χ4n) is 7.14. The van der Waals surface area contributed by atoms with Crippen LogP contribution in [0.4, 0.5) is 0 Å². The zero-order valence-corrected chi connectivity index (χ0v) is 27.6. The lowest BCUT2D eigenvalue weighted by Crippen LogP contribution is -1.90. The molecule has 0 spiro atoms. The van der Waals surface area contributed by atoms with E-state index in [9.17, 15) is 0 Å². The van der Waals surface area contributed by atoms with Crippen molar-refractivity contribution in [1.82, 2.24) is 15.0 Å². The summed E-state index contributed by atoms with van der Waals surface area (Å²) in [6, 6.07) is 49.1. The van der Waals surface area contributed by atoms with E-state index < -0.39 is 0 Å². The van der Waals surface area contributed by atoms with E-state index in [0.29, 0.717) is 0 Å². The van der Waals surface area contributed by atoms with Gasteiger partial charge < -0.3 is 4.42 Å². The van der Waals surface area contributed by atoms with E-state index in [1.807, 2.05) is 54.3 Å². The largest absolute Gasteiger partial charge is 0.456 e. The SMILES string of the molecule is c1ccc(-c2nc(-c3cccc4c3sc3c(-c5cc(-c6ccncc6)cc(-c6ccncc6)c5)cccc34)cc3oc4ccccc4c23)cc1. The highest BCUT2D eigenvalue weighted by Gasteiger charge is 2.20. The van der Waals surface area contributed by atoms with Gasteiger partial charge in [0.15, 0.2) is 0 Å². The molecule has 0 aliphatic carbocycles. The smallest absolute Gasteiger partial charge is 0.139 e. The summed E-state index contributed by atoms with van der Waals surface area (Å²) in [5, 5.41) is 4.57.